The smallest absolute Gasteiger partial charge is 0.0552 e. The predicted octanol–water partition coefficient (Wildman–Crippen LogP) is 1.71. The number of methoxy groups -OCH3 is 1. The van der Waals surface area contributed by atoms with Crippen molar-refractivity contribution in [2.45, 2.75) is 20.0 Å². The molecule has 2 atom stereocenters. The third kappa shape index (κ3) is 2.28. The molecule has 0 aliphatic carbocycles. The Morgan fingerprint density at radius 1 is 1.50 bits per heavy atom. The van der Waals surface area contributed by atoms with E-state index in [4.69, 9.17) is 10.5 Å². The second kappa shape index (κ2) is 3.87. The van der Waals surface area contributed by atoms with Crippen LogP contribution in [-0.4, -0.2) is 19.8 Å². The van der Waals surface area contributed by atoms with Crippen molar-refractivity contribution in [2.24, 2.45) is 5.92 Å². The molecule has 0 fully saturated rings. The molecule has 0 spiro atoms. The minimum Gasteiger partial charge on any atom is -0.677 e. The van der Waals surface area contributed by atoms with Gasteiger partial charge in [-0.25, -0.2) is 0 Å². The summed E-state index contributed by atoms with van der Waals surface area (Å²) in [4.78, 5) is 0. The van der Waals surface area contributed by atoms with Crippen LogP contribution in [0, 0.1) is 5.92 Å². The van der Waals surface area contributed by atoms with Crippen molar-refractivity contribution in [3.8, 4) is 0 Å². The number of hydrogen-bond donors (Lipinski definition) is 0. The van der Waals surface area contributed by atoms with Gasteiger partial charge in [-0.1, -0.05) is 6.92 Å². The minimum atomic E-state index is 0.229. The van der Waals surface area contributed by atoms with E-state index in [1.165, 1.54) is 0 Å². The number of hydrogen-bond acceptors (Lipinski definition) is 1. The number of rotatable bonds is 3. The van der Waals surface area contributed by atoms with Gasteiger partial charge in [0.2, 0.25) is 0 Å². The molecule has 2 unspecified atom stereocenters. The van der Waals surface area contributed by atoms with Gasteiger partial charge in [-0.3, -0.25) is 0 Å². The molecule has 0 bridgehead atoms. The molecule has 0 aliphatic rings. The van der Waals surface area contributed by atoms with Crippen molar-refractivity contribution in [1.29, 1.82) is 0 Å². The molecule has 1 N–H and O–H groups in total. The highest BCUT2D eigenvalue weighted by molar-refractivity contribution is 4.66. The first kappa shape index (κ1) is 7.92. The number of ether oxygens (including phenoxy) is 1. The molecule has 2 nitrogen and oxygen atoms in total. The van der Waals surface area contributed by atoms with Crippen molar-refractivity contribution in [1.82, 2.24) is 0 Å². The van der Waals surface area contributed by atoms with E-state index in [0.717, 1.165) is 0 Å². The first-order valence-corrected chi connectivity index (χ1v) is 2.89. The van der Waals surface area contributed by atoms with Crippen molar-refractivity contribution in [2.75, 3.05) is 13.7 Å². The van der Waals surface area contributed by atoms with Crippen LogP contribution in [0.15, 0.2) is 0 Å². The Hall–Kier alpha value is -0.0800. The van der Waals surface area contributed by atoms with Gasteiger partial charge in [-0.2, -0.15) is 0 Å². The number of nitrogens with one attached hydrogen (secondary N) is 1. The Morgan fingerprint density at radius 2 is 2.00 bits per heavy atom. The standard InChI is InChI=1S/C6H14NO/c1-5(4-7)6(2)8-3/h5-7H,4H2,1-3H3/q-1. The van der Waals surface area contributed by atoms with Crippen molar-refractivity contribution in [3.63, 3.8) is 0 Å². The van der Waals surface area contributed by atoms with E-state index in [1.54, 1.807) is 7.11 Å². The third-order valence-electron chi connectivity index (χ3n) is 1.50. The average Bonchev–Trinajstić information content (AvgIpc) is 1.84. The third-order valence-corrected chi connectivity index (χ3v) is 1.50. The SMILES string of the molecule is COC(C)C(C)C[NH-]. The van der Waals surface area contributed by atoms with Crippen LogP contribution in [0.25, 0.3) is 5.73 Å². The maximum atomic E-state index is 6.96. The van der Waals surface area contributed by atoms with Gasteiger partial charge in [-0.15, -0.1) is 6.54 Å². The van der Waals surface area contributed by atoms with Crippen LogP contribution in [-0.2, 0) is 4.74 Å². The lowest BCUT2D eigenvalue weighted by Gasteiger charge is -2.19. The molecule has 0 radical (unpaired) electrons. The zero-order valence-corrected chi connectivity index (χ0v) is 5.77. The highest BCUT2D eigenvalue weighted by atomic mass is 16.5. The lowest BCUT2D eigenvalue weighted by Crippen LogP contribution is -2.17. The highest BCUT2D eigenvalue weighted by Gasteiger charge is 2.03. The van der Waals surface area contributed by atoms with E-state index in [1.807, 2.05) is 13.8 Å². The molecular formula is C6H14NO-. The Kier molecular flexibility index (Phi) is 3.83. The Labute approximate surface area is 51.0 Å². The molecule has 0 saturated carbocycles. The summed E-state index contributed by atoms with van der Waals surface area (Å²) in [6, 6.07) is 0. The summed E-state index contributed by atoms with van der Waals surface area (Å²) >= 11 is 0. The summed E-state index contributed by atoms with van der Waals surface area (Å²) in [6.45, 7) is 4.45. The fourth-order valence-electron chi connectivity index (χ4n) is 0.398. The molecule has 0 amide bonds. The Bertz CT molecular complexity index is 48.5. The molecule has 2 heteroatoms. The topological polar surface area (TPSA) is 33.0 Å². The van der Waals surface area contributed by atoms with Crippen LogP contribution in [0.2, 0.25) is 0 Å². The van der Waals surface area contributed by atoms with Crippen LogP contribution in [0.3, 0.4) is 0 Å². The normalized spacial score (nSPS) is 18.0. The largest absolute Gasteiger partial charge is 0.677 e. The van der Waals surface area contributed by atoms with Gasteiger partial charge in [0.25, 0.3) is 0 Å². The van der Waals surface area contributed by atoms with Gasteiger partial charge in [0.15, 0.2) is 0 Å². The van der Waals surface area contributed by atoms with Crippen molar-refractivity contribution in [3.05, 3.63) is 5.73 Å². The van der Waals surface area contributed by atoms with Gasteiger partial charge >= 0.3 is 0 Å². The Balaban J connectivity index is 3.29. The van der Waals surface area contributed by atoms with E-state index >= 15 is 0 Å². The second-order valence-electron chi connectivity index (χ2n) is 2.12. The fraction of sp³-hybridized carbons (Fsp3) is 1.00. The molecule has 8 heavy (non-hydrogen) atoms. The molecule has 0 heterocycles. The van der Waals surface area contributed by atoms with E-state index in [0.29, 0.717) is 12.5 Å². The molecule has 0 rings (SSSR count). The summed E-state index contributed by atoms with van der Waals surface area (Å²) in [7, 11) is 1.68. The molecule has 0 aromatic carbocycles. The van der Waals surface area contributed by atoms with Crippen LogP contribution in [0.4, 0.5) is 0 Å². The fourth-order valence-corrected chi connectivity index (χ4v) is 0.398. The van der Waals surface area contributed by atoms with Crippen LogP contribution >= 0.6 is 0 Å². The summed E-state index contributed by atoms with van der Waals surface area (Å²) in [5, 5.41) is 0. The van der Waals surface area contributed by atoms with Gasteiger partial charge in [0, 0.05) is 7.11 Å². The zero-order valence-electron chi connectivity index (χ0n) is 5.77. The average molecular weight is 116 g/mol. The summed E-state index contributed by atoms with van der Waals surface area (Å²) in [5.41, 5.74) is 6.96. The van der Waals surface area contributed by atoms with Gasteiger partial charge in [0.1, 0.15) is 0 Å². The van der Waals surface area contributed by atoms with Crippen LogP contribution in [0.5, 0.6) is 0 Å². The lowest BCUT2D eigenvalue weighted by atomic mass is 10.1. The van der Waals surface area contributed by atoms with Gasteiger partial charge in [0.05, 0.1) is 6.10 Å². The zero-order chi connectivity index (χ0) is 6.57. The minimum absolute atomic E-state index is 0.229. The predicted molar refractivity (Wildman–Crippen MR) is 34.8 cm³/mol. The monoisotopic (exact) mass is 116 g/mol. The first-order valence-electron chi connectivity index (χ1n) is 2.89. The molecular weight excluding hydrogens is 102 g/mol. The van der Waals surface area contributed by atoms with Crippen molar-refractivity contribution < 1.29 is 4.74 Å². The van der Waals surface area contributed by atoms with Crippen LogP contribution in [0.1, 0.15) is 13.8 Å². The summed E-state index contributed by atoms with van der Waals surface area (Å²) < 4.78 is 4.98. The van der Waals surface area contributed by atoms with E-state index in [9.17, 15) is 0 Å². The Morgan fingerprint density at radius 3 is 2.12 bits per heavy atom. The highest BCUT2D eigenvalue weighted by Crippen LogP contribution is 2.04. The van der Waals surface area contributed by atoms with E-state index in [2.05, 4.69) is 0 Å². The van der Waals surface area contributed by atoms with Gasteiger partial charge < -0.3 is 10.5 Å². The molecule has 50 valence electrons. The maximum absolute atomic E-state index is 6.96. The van der Waals surface area contributed by atoms with E-state index in [-0.39, 0.29) is 6.10 Å². The summed E-state index contributed by atoms with van der Waals surface area (Å²) in [5.74, 6) is 0.361. The van der Waals surface area contributed by atoms with Crippen LogP contribution < -0.4 is 0 Å². The molecule has 0 saturated heterocycles. The van der Waals surface area contributed by atoms with Crippen molar-refractivity contribution >= 4 is 0 Å². The van der Waals surface area contributed by atoms with Gasteiger partial charge in [-0.05, 0) is 12.8 Å². The molecule has 0 aromatic rings. The first-order chi connectivity index (χ1) is 3.72. The summed E-state index contributed by atoms with van der Waals surface area (Å²) in [6.07, 6.45) is 0.229. The van der Waals surface area contributed by atoms with E-state index < -0.39 is 0 Å². The molecule has 0 aliphatic heterocycles. The maximum Gasteiger partial charge on any atom is 0.0552 e. The molecule has 0 aromatic heterocycles. The second-order valence-corrected chi connectivity index (χ2v) is 2.12. The lowest BCUT2D eigenvalue weighted by molar-refractivity contribution is 0.0796. The quantitative estimate of drug-likeness (QED) is 0.552.